The molecule has 0 unspecified atom stereocenters. The number of nitrogens with zero attached hydrogens (tertiary/aromatic N) is 3. The van der Waals surface area contributed by atoms with Crippen LogP contribution < -0.4 is 10.6 Å². The van der Waals surface area contributed by atoms with Gasteiger partial charge in [0, 0.05) is 25.4 Å². The second kappa shape index (κ2) is 4.06. The molecule has 2 rings (SSSR count). The number of rotatable bonds is 4. The van der Waals surface area contributed by atoms with Crippen LogP contribution in [0, 0.1) is 0 Å². The van der Waals surface area contributed by atoms with Crippen LogP contribution in [-0.2, 0) is 0 Å². The Morgan fingerprint density at radius 3 is 3.14 bits per heavy atom. The number of anilines is 1. The fourth-order valence-corrected chi connectivity index (χ4v) is 1.23. The van der Waals surface area contributed by atoms with Gasteiger partial charge in [-0.25, -0.2) is 9.50 Å². The van der Waals surface area contributed by atoms with Crippen molar-refractivity contribution in [2.24, 2.45) is 0 Å². The number of likely N-dealkylation sites (N-methyl/N-ethyl adjacent to an activating group) is 1. The van der Waals surface area contributed by atoms with Gasteiger partial charge in [0.15, 0.2) is 5.65 Å². The third-order valence-electron chi connectivity index (χ3n) is 1.94. The first kappa shape index (κ1) is 8.96. The lowest BCUT2D eigenvalue weighted by molar-refractivity contribution is 0.820. The summed E-state index contributed by atoms with van der Waals surface area (Å²) < 4.78 is 1.74. The third-order valence-corrected chi connectivity index (χ3v) is 1.94. The van der Waals surface area contributed by atoms with E-state index in [1.165, 1.54) is 0 Å². The lowest BCUT2D eigenvalue weighted by Crippen LogP contribution is -2.18. The molecular weight excluding hydrogens is 178 g/mol. The summed E-state index contributed by atoms with van der Waals surface area (Å²) in [6.07, 6.45) is 3.63. The van der Waals surface area contributed by atoms with Crippen molar-refractivity contribution in [3.63, 3.8) is 0 Å². The summed E-state index contributed by atoms with van der Waals surface area (Å²) in [6.45, 7) is 1.79. The van der Waals surface area contributed by atoms with Gasteiger partial charge < -0.3 is 10.6 Å². The summed E-state index contributed by atoms with van der Waals surface area (Å²) in [5.41, 5.74) is 0.861. The lowest BCUT2D eigenvalue weighted by atomic mass is 10.5. The molecule has 0 bridgehead atoms. The van der Waals surface area contributed by atoms with Crippen LogP contribution in [0.5, 0.6) is 0 Å². The van der Waals surface area contributed by atoms with Gasteiger partial charge >= 0.3 is 0 Å². The average Bonchev–Trinajstić information content (AvgIpc) is 2.65. The van der Waals surface area contributed by atoms with Gasteiger partial charge in [0.25, 0.3) is 0 Å². The van der Waals surface area contributed by atoms with Crippen molar-refractivity contribution in [2.45, 2.75) is 0 Å². The first-order valence-corrected chi connectivity index (χ1v) is 4.59. The first-order chi connectivity index (χ1) is 6.90. The van der Waals surface area contributed by atoms with Crippen molar-refractivity contribution < 1.29 is 0 Å². The van der Waals surface area contributed by atoms with E-state index in [1.807, 2.05) is 25.4 Å². The maximum atomic E-state index is 4.37. The van der Waals surface area contributed by atoms with Crippen LogP contribution >= 0.6 is 0 Å². The molecule has 2 heterocycles. The zero-order valence-corrected chi connectivity index (χ0v) is 8.07. The minimum absolute atomic E-state index is 0.861. The van der Waals surface area contributed by atoms with Gasteiger partial charge in [-0.2, -0.15) is 5.10 Å². The highest BCUT2D eigenvalue weighted by molar-refractivity contribution is 5.45. The molecule has 0 atom stereocenters. The smallest absolute Gasteiger partial charge is 0.157 e. The number of hydrogen-bond donors (Lipinski definition) is 2. The molecule has 0 radical (unpaired) electrons. The van der Waals surface area contributed by atoms with E-state index in [-0.39, 0.29) is 0 Å². The van der Waals surface area contributed by atoms with Crippen molar-refractivity contribution in [3.8, 4) is 0 Å². The fraction of sp³-hybridized carbons (Fsp3) is 0.333. The van der Waals surface area contributed by atoms with Crippen LogP contribution in [0.1, 0.15) is 0 Å². The van der Waals surface area contributed by atoms with Crippen LogP contribution in [-0.4, -0.2) is 34.7 Å². The van der Waals surface area contributed by atoms with Gasteiger partial charge in [-0.3, -0.25) is 0 Å². The predicted molar refractivity (Wildman–Crippen MR) is 55.4 cm³/mol. The molecule has 0 spiro atoms. The van der Waals surface area contributed by atoms with Crippen LogP contribution in [0.2, 0.25) is 0 Å². The molecule has 5 nitrogen and oxygen atoms in total. The number of fused-ring (bicyclic) bond motifs is 1. The minimum Gasteiger partial charge on any atom is -0.369 e. The Hall–Kier alpha value is -1.62. The second-order valence-electron chi connectivity index (χ2n) is 2.98. The molecular formula is C9H13N5. The van der Waals surface area contributed by atoms with Crippen molar-refractivity contribution in [2.75, 3.05) is 25.5 Å². The number of hydrogen-bond acceptors (Lipinski definition) is 4. The van der Waals surface area contributed by atoms with E-state index in [0.717, 1.165) is 24.6 Å². The van der Waals surface area contributed by atoms with Crippen LogP contribution in [0.15, 0.2) is 24.5 Å². The maximum Gasteiger partial charge on any atom is 0.157 e. The molecule has 2 aromatic heterocycles. The summed E-state index contributed by atoms with van der Waals surface area (Å²) in [5.74, 6) is 0.883. The van der Waals surface area contributed by atoms with Crippen LogP contribution in [0.25, 0.3) is 5.65 Å². The Morgan fingerprint density at radius 1 is 1.36 bits per heavy atom. The van der Waals surface area contributed by atoms with Crippen LogP contribution in [0.4, 0.5) is 5.82 Å². The van der Waals surface area contributed by atoms with Gasteiger partial charge in [-0.05, 0) is 13.1 Å². The third kappa shape index (κ3) is 1.82. The van der Waals surface area contributed by atoms with E-state index in [9.17, 15) is 0 Å². The fourth-order valence-electron chi connectivity index (χ4n) is 1.23. The van der Waals surface area contributed by atoms with E-state index >= 15 is 0 Å². The van der Waals surface area contributed by atoms with Gasteiger partial charge in [0.1, 0.15) is 5.82 Å². The van der Waals surface area contributed by atoms with E-state index in [1.54, 1.807) is 10.7 Å². The summed E-state index contributed by atoms with van der Waals surface area (Å²) in [4.78, 5) is 4.37. The zero-order chi connectivity index (χ0) is 9.80. The molecule has 5 heteroatoms. The number of nitrogens with one attached hydrogen (secondary N) is 2. The van der Waals surface area contributed by atoms with Gasteiger partial charge in [0.2, 0.25) is 0 Å². The molecule has 0 aliphatic rings. The van der Waals surface area contributed by atoms with Crippen molar-refractivity contribution >= 4 is 11.5 Å². The summed E-state index contributed by atoms with van der Waals surface area (Å²) >= 11 is 0. The summed E-state index contributed by atoms with van der Waals surface area (Å²) in [7, 11) is 1.93. The predicted octanol–water partition coefficient (Wildman–Crippen LogP) is 0.361. The number of aromatic nitrogens is 3. The minimum atomic E-state index is 0.861. The Bertz CT molecular complexity index is 408. The molecule has 0 saturated heterocycles. The Labute approximate surface area is 82.2 Å². The molecule has 2 N–H and O–H groups in total. The SMILES string of the molecule is CNCCNc1ccn2nccc2n1. The average molecular weight is 191 g/mol. The lowest BCUT2D eigenvalue weighted by Gasteiger charge is -2.04. The largest absolute Gasteiger partial charge is 0.369 e. The normalized spacial score (nSPS) is 10.6. The van der Waals surface area contributed by atoms with Crippen molar-refractivity contribution in [3.05, 3.63) is 24.5 Å². The molecule has 0 amide bonds. The quantitative estimate of drug-likeness (QED) is 0.685. The molecule has 0 aliphatic heterocycles. The Kier molecular flexibility index (Phi) is 2.60. The Morgan fingerprint density at radius 2 is 2.29 bits per heavy atom. The summed E-state index contributed by atoms with van der Waals surface area (Å²) in [6, 6.07) is 3.79. The van der Waals surface area contributed by atoms with E-state index in [4.69, 9.17) is 0 Å². The molecule has 14 heavy (non-hydrogen) atoms. The highest BCUT2D eigenvalue weighted by atomic mass is 15.2. The van der Waals surface area contributed by atoms with Crippen molar-refractivity contribution in [1.82, 2.24) is 19.9 Å². The molecule has 0 saturated carbocycles. The van der Waals surface area contributed by atoms with Gasteiger partial charge in [-0.1, -0.05) is 0 Å². The Balaban J connectivity index is 2.10. The standard InChI is InChI=1S/C9H13N5/c1-10-5-6-11-8-3-7-14-9(13-8)2-4-12-14/h2-4,7,10H,5-6H2,1H3,(H,11,13). The maximum absolute atomic E-state index is 4.37. The molecule has 74 valence electrons. The highest BCUT2D eigenvalue weighted by Gasteiger charge is 1.96. The van der Waals surface area contributed by atoms with Gasteiger partial charge in [0.05, 0.1) is 6.20 Å². The van der Waals surface area contributed by atoms with E-state index < -0.39 is 0 Å². The highest BCUT2D eigenvalue weighted by Crippen LogP contribution is 2.04. The second-order valence-corrected chi connectivity index (χ2v) is 2.98. The van der Waals surface area contributed by atoms with Crippen LogP contribution in [0.3, 0.4) is 0 Å². The molecule has 2 aromatic rings. The first-order valence-electron chi connectivity index (χ1n) is 4.59. The van der Waals surface area contributed by atoms with Gasteiger partial charge in [-0.15, -0.1) is 0 Å². The van der Waals surface area contributed by atoms with E-state index in [2.05, 4.69) is 20.7 Å². The summed E-state index contributed by atoms with van der Waals surface area (Å²) in [5, 5.41) is 10.3. The zero-order valence-electron chi connectivity index (χ0n) is 8.07. The molecule has 0 aromatic carbocycles. The molecule has 0 aliphatic carbocycles. The van der Waals surface area contributed by atoms with E-state index in [0.29, 0.717) is 0 Å². The molecule has 0 fully saturated rings. The van der Waals surface area contributed by atoms with Crippen molar-refractivity contribution in [1.29, 1.82) is 0 Å². The topological polar surface area (TPSA) is 54.2 Å². The monoisotopic (exact) mass is 191 g/mol.